The van der Waals surface area contributed by atoms with Gasteiger partial charge < -0.3 is 10.0 Å². The van der Waals surface area contributed by atoms with Crippen molar-refractivity contribution in [3.63, 3.8) is 0 Å². The van der Waals surface area contributed by atoms with E-state index < -0.39 is 0 Å². The van der Waals surface area contributed by atoms with Crippen LogP contribution in [0.1, 0.15) is 46.0 Å². The third-order valence-corrected chi connectivity index (χ3v) is 2.60. The first-order valence-corrected chi connectivity index (χ1v) is 6.00. The van der Waals surface area contributed by atoms with Gasteiger partial charge in [0.15, 0.2) is 0 Å². The van der Waals surface area contributed by atoms with E-state index in [1.165, 1.54) is 32.4 Å². The van der Waals surface area contributed by atoms with Crippen molar-refractivity contribution in [3.8, 4) is 0 Å². The van der Waals surface area contributed by atoms with Crippen molar-refractivity contribution in [2.75, 3.05) is 26.7 Å². The minimum Gasteiger partial charge on any atom is -0.396 e. The van der Waals surface area contributed by atoms with E-state index in [0.717, 1.165) is 18.8 Å². The topological polar surface area (TPSA) is 23.5 Å². The fourth-order valence-electron chi connectivity index (χ4n) is 1.88. The Balaban J connectivity index is 3.30. The molecule has 0 radical (unpaired) electrons. The summed E-state index contributed by atoms with van der Waals surface area (Å²) in [6.07, 6.45) is 5.96. The molecule has 0 fully saturated rings. The molecule has 0 aromatic carbocycles. The minimum absolute atomic E-state index is 0.343. The fourth-order valence-corrected chi connectivity index (χ4v) is 1.88. The molecular weight excluding hydrogens is 174 g/mol. The second kappa shape index (κ2) is 9.47. The Bertz CT molecular complexity index is 117. The van der Waals surface area contributed by atoms with Crippen molar-refractivity contribution in [3.05, 3.63) is 0 Å². The molecular formula is C12H27NO. The Morgan fingerprint density at radius 1 is 1.21 bits per heavy atom. The van der Waals surface area contributed by atoms with Crippen molar-refractivity contribution < 1.29 is 5.11 Å². The van der Waals surface area contributed by atoms with E-state index in [9.17, 15) is 0 Å². The number of rotatable bonds is 9. The Kier molecular flexibility index (Phi) is 9.42. The zero-order chi connectivity index (χ0) is 10.8. The zero-order valence-electron chi connectivity index (χ0n) is 10.1. The van der Waals surface area contributed by atoms with Crippen LogP contribution in [0.3, 0.4) is 0 Å². The molecule has 0 aliphatic rings. The summed E-state index contributed by atoms with van der Waals surface area (Å²) in [6.45, 7) is 7.31. The van der Waals surface area contributed by atoms with E-state index in [0.29, 0.717) is 6.61 Å². The molecule has 86 valence electrons. The van der Waals surface area contributed by atoms with E-state index in [1.807, 2.05) is 0 Å². The predicted molar refractivity (Wildman–Crippen MR) is 62.5 cm³/mol. The van der Waals surface area contributed by atoms with Gasteiger partial charge in [0, 0.05) is 13.2 Å². The number of unbranched alkanes of at least 4 members (excludes halogenated alkanes) is 2. The highest BCUT2D eigenvalue weighted by Gasteiger charge is 2.04. The second-order valence-corrected chi connectivity index (χ2v) is 4.44. The van der Waals surface area contributed by atoms with Crippen molar-refractivity contribution in [1.29, 1.82) is 0 Å². The average Bonchev–Trinajstić information content (AvgIpc) is 2.13. The molecule has 0 spiro atoms. The summed E-state index contributed by atoms with van der Waals surface area (Å²) in [5.41, 5.74) is 0. The number of hydrogen-bond donors (Lipinski definition) is 1. The van der Waals surface area contributed by atoms with Crippen LogP contribution in [-0.4, -0.2) is 36.8 Å². The Labute approximate surface area is 89.3 Å². The van der Waals surface area contributed by atoms with Gasteiger partial charge in [0.2, 0.25) is 0 Å². The Morgan fingerprint density at radius 3 is 2.50 bits per heavy atom. The molecule has 0 aliphatic heterocycles. The van der Waals surface area contributed by atoms with Gasteiger partial charge in [-0.3, -0.25) is 0 Å². The summed E-state index contributed by atoms with van der Waals surface area (Å²) in [5.74, 6) is 0.822. The van der Waals surface area contributed by atoms with Gasteiger partial charge in [0.05, 0.1) is 0 Å². The van der Waals surface area contributed by atoms with Crippen LogP contribution < -0.4 is 0 Å². The van der Waals surface area contributed by atoms with Crippen LogP contribution in [0.25, 0.3) is 0 Å². The van der Waals surface area contributed by atoms with E-state index in [1.54, 1.807) is 0 Å². The van der Waals surface area contributed by atoms with Crippen molar-refractivity contribution in [1.82, 2.24) is 4.90 Å². The van der Waals surface area contributed by atoms with Crippen molar-refractivity contribution in [2.45, 2.75) is 46.0 Å². The average molecular weight is 201 g/mol. The largest absolute Gasteiger partial charge is 0.396 e. The van der Waals surface area contributed by atoms with Crippen molar-refractivity contribution >= 4 is 0 Å². The molecule has 0 aromatic rings. The minimum atomic E-state index is 0.343. The third-order valence-electron chi connectivity index (χ3n) is 2.60. The maximum absolute atomic E-state index is 8.63. The van der Waals surface area contributed by atoms with E-state index in [4.69, 9.17) is 5.11 Å². The standard InChI is InChI=1S/C12H27NO/c1-4-8-12(2)11-13(3)9-6-5-7-10-14/h12,14H,4-11H2,1-3H3. The lowest BCUT2D eigenvalue weighted by atomic mass is 10.1. The zero-order valence-corrected chi connectivity index (χ0v) is 10.1. The first kappa shape index (κ1) is 13.9. The Morgan fingerprint density at radius 2 is 1.93 bits per heavy atom. The Hall–Kier alpha value is -0.0800. The summed E-state index contributed by atoms with van der Waals surface area (Å²) < 4.78 is 0. The van der Waals surface area contributed by atoms with Crippen molar-refractivity contribution in [2.24, 2.45) is 5.92 Å². The highest BCUT2D eigenvalue weighted by Crippen LogP contribution is 2.07. The van der Waals surface area contributed by atoms with Crippen LogP contribution in [0.4, 0.5) is 0 Å². The van der Waals surface area contributed by atoms with Crippen LogP contribution in [0.2, 0.25) is 0 Å². The van der Waals surface area contributed by atoms with Gasteiger partial charge in [-0.25, -0.2) is 0 Å². The number of aliphatic hydroxyl groups is 1. The molecule has 0 rings (SSSR count). The summed E-state index contributed by atoms with van der Waals surface area (Å²) in [7, 11) is 2.20. The van der Waals surface area contributed by atoms with E-state index in [2.05, 4.69) is 25.8 Å². The van der Waals surface area contributed by atoms with Gasteiger partial charge in [-0.2, -0.15) is 0 Å². The highest BCUT2D eigenvalue weighted by atomic mass is 16.2. The van der Waals surface area contributed by atoms with Crippen LogP contribution in [-0.2, 0) is 0 Å². The van der Waals surface area contributed by atoms with Gasteiger partial charge in [0.1, 0.15) is 0 Å². The lowest BCUT2D eigenvalue weighted by molar-refractivity contribution is 0.256. The summed E-state index contributed by atoms with van der Waals surface area (Å²) >= 11 is 0. The molecule has 0 aromatic heterocycles. The molecule has 1 N–H and O–H groups in total. The highest BCUT2D eigenvalue weighted by molar-refractivity contribution is 4.58. The van der Waals surface area contributed by atoms with E-state index >= 15 is 0 Å². The molecule has 14 heavy (non-hydrogen) atoms. The quantitative estimate of drug-likeness (QED) is 0.579. The monoisotopic (exact) mass is 201 g/mol. The first-order valence-electron chi connectivity index (χ1n) is 6.00. The number of hydrogen-bond acceptors (Lipinski definition) is 2. The van der Waals surface area contributed by atoms with Gasteiger partial charge in [0.25, 0.3) is 0 Å². The summed E-state index contributed by atoms with van der Waals surface area (Å²) in [6, 6.07) is 0. The van der Waals surface area contributed by atoms with E-state index in [-0.39, 0.29) is 0 Å². The lowest BCUT2D eigenvalue weighted by Crippen LogP contribution is -2.25. The second-order valence-electron chi connectivity index (χ2n) is 4.44. The van der Waals surface area contributed by atoms with Crippen LogP contribution in [0, 0.1) is 5.92 Å². The number of aliphatic hydroxyl groups excluding tert-OH is 1. The van der Waals surface area contributed by atoms with Crippen LogP contribution in [0.5, 0.6) is 0 Å². The molecule has 1 unspecified atom stereocenters. The normalized spacial score (nSPS) is 13.5. The molecule has 2 nitrogen and oxygen atoms in total. The number of nitrogens with zero attached hydrogens (tertiary/aromatic N) is 1. The molecule has 0 heterocycles. The van der Waals surface area contributed by atoms with Gasteiger partial charge >= 0.3 is 0 Å². The molecule has 0 amide bonds. The molecule has 0 saturated heterocycles. The maximum Gasteiger partial charge on any atom is 0.0431 e. The fraction of sp³-hybridized carbons (Fsp3) is 1.00. The molecule has 1 atom stereocenters. The van der Waals surface area contributed by atoms with Gasteiger partial charge in [-0.1, -0.05) is 20.3 Å². The van der Waals surface area contributed by atoms with Crippen LogP contribution in [0.15, 0.2) is 0 Å². The predicted octanol–water partition coefficient (Wildman–Crippen LogP) is 2.52. The maximum atomic E-state index is 8.63. The van der Waals surface area contributed by atoms with Gasteiger partial charge in [-0.15, -0.1) is 0 Å². The summed E-state index contributed by atoms with van der Waals surface area (Å²) in [4.78, 5) is 2.41. The smallest absolute Gasteiger partial charge is 0.0431 e. The molecule has 0 saturated carbocycles. The molecule has 2 heteroatoms. The molecule has 0 bridgehead atoms. The van der Waals surface area contributed by atoms with Crippen LogP contribution >= 0.6 is 0 Å². The van der Waals surface area contributed by atoms with Gasteiger partial charge in [-0.05, 0) is 45.2 Å². The lowest BCUT2D eigenvalue weighted by Gasteiger charge is -2.20. The SMILES string of the molecule is CCCC(C)CN(C)CCCCCO. The first-order chi connectivity index (χ1) is 6.70. The third kappa shape index (κ3) is 8.52. The summed E-state index contributed by atoms with van der Waals surface area (Å²) in [5, 5.41) is 8.63. The molecule has 0 aliphatic carbocycles.